The van der Waals surface area contributed by atoms with Crippen LogP contribution in [0.3, 0.4) is 0 Å². The normalized spacial score (nSPS) is 12.9. The van der Waals surface area contributed by atoms with Crippen molar-refractivity contribution in [3.05, 3.63) is 42.0 Å². The average Bonchev–Trinajstić information content (AvgIpc) is 2.88. The largest absolute Gasteiger partial charge is 0.323 e. The highest BCUT2D eigenvalue weighted by Gasteiger charge is 2.07. The molecule has 2 rings (SSSR count). The second kappa shape index (κ2) is 5.31. The van der Waals surface area contributed by atoms with Gasteiger partial charge >= 0.3 is 0 Å². The minimum absolute atomic E-state index is 0.0166. The van der Waals surface area contributed by atoms with Crippen LogP contribution in [0.15, 0.2) is 30.6 Å². The summed E-state index contributed by atoms with van der Waals surface area (Å²) in [6, 6.07) is 6.04. The minimum Gasteiger partial charge on any atom is -0.323 e. The number of nitrogens with zero attached hydrogens (tertiary/aromatic N) is 3. The van der Waals surface area contributed by atoms with E-state index in [0.717, 1.165) is 23.5 Å². The number of hydrogen-bond donors (Lipinski definition) is 1. The van der Waals surface area contributed by atoms with Crippen molar-refractivity contribution < 1.29 is 0 Å². The summed E-state index contributed by atoms with van der Waals surface area (Å²) in [7, 11) is 0. The molecule has 0 spiro atoms. The van der Waals surface area contributed by atoms with Crippen LogP contribution in [0.25, 0.3) is 5.69 Å². The third-order valence-corrected chi connectivity index (χ3v) is 3.06. The predicted molar refractivity (Wildman–Crippen MR) is 72.7 cm³/mol. The van der Waals surface area contributed by atoms with E-state index in [2.05, 4.69) is 30.9 Å². The highest BCUT2D eigenvalue weighted by molar-refractivity contribution is 5.30. The first-order valence-electron chi connectivity index (χ1n) is 6.39. The second-order valence-corrected chi connectivity index (χ2v) is 4.80. The summed E-state index contributed by atoms with van der Waals surface area (Å²) in [5.41, 5.74) is 8.92. The van der Waals surface area contributed by atoms with Crippen LogP contribution in [0, 0.1) is 0 Å². The van der Waals surface area contributed by atoms with Gasteiger partial charge in [-0.3, -0.25) is 4.98 Å². The molecule has 0 aliphatic heterocycles. The molecule has 4 nitrogen and oxygen atoms in total. The van der Waals surface area contributed by atoms with Crippen molar-refractivity contribution in [1.82, 2.24) is 14.8 Å². The molecule has 0 aromatic carbocycles. The van der Waals surface area contributed by atoms with E-state index in [1.54, 1.807) is 0 Å². The zero-order chi connectivity index (χ0) is 13.1. The van der Waals surface area contributed by atoms with Crippen LogP contribution < -0.4 is 5.73 Å². The number of aromatic nitrogens is 3. The first-order chi connectivity index (χ1) is 8.61. The average molecular weight is 244 g/mol. The van der Waals surface area contributed by atoms with E-state index >= 15 is 0 Å². The fraction of sp³-hybridized carbons (Fsp3) is 0.429. The van der Waals surface area contributed by atoms with Gasteiger partial charge in [-0.05, 0) is 30.5 Å². The Morgan fingerprint density at radius 2 is 2.00 bits per heavy atom. The van der Waals surface area contributed by atoms with Gasteiger partial charge in [0.25, 0.3) is 0 Å². The van der Waals surface area contributed by atoms with Gasteiger partial charge < -0.3 is 5.73 Å². The Bertz CT molecular complexity index is 499. The van der Waals surface area contributed by atoms with E-state index in [1.165, 1.54) is 0 Å². The molecule has 0 saturated carbocycles. The fourth-order valence-corrected chi connectivity index (χ4v) is 1.75. The van der Waals surface area contributed by atoms with Crippen molar-refractivity contribution in [2.45, 2.75) is 39.2 Å². The van der Waals surface area contributed by atoms with Gasteiger partial charge in [-0.2, -0.15) is 5.10 Å². The molecular formula is C14H20N4. The predicted octanol–water partition coefficient (Wildman–Crippen LogP) is 2.80. The zero-order valence-electron chi connectivity index (χ0n) is 11.2. The van der Waals surface area contributed by atoms with Gasteiger partial charge in [-0.1, -0.05) is 20.8 Å². The molecule has 4 heteroatoms. The lowest BCUT2D eigenvalue weighted by atomic mass is 10.1. The fourth-order valence-electron chi connectivity index (χ4n) is 1.75. The van der Waals surface area contributed by atoms with Crippen molar-refractivity contribution >= 4 is 0 Å². The van der Waals surface area contributed by atoms with Crippen molar-refractivity contribution in [2.24, 2.45) is 5.73 Å². The Morgan fingerprint density at radius 1 is 1.22 bits per heavy atom. The molecule has 0 fully saturated rings. The smallest absolute Gasteiger partial charge is 0.0829 e. The quantitative estimate of drug-likeness (QED) is 0.899. The molecule has 0 amide bonds. The summed E-state index contributed by atoms with van der Waals surface area (Å²) in [6.07, 6.45) is 4.68. The molecule has 0 saturated heterocycles. The molecule has 2 heterocycles. The monoisotopic (exact) mass is 244 g/mol. The van der Waals surface area contributed by atoms with Crippen LogP contribution in [0.1, 0.15) is 50.5 Å². The highest BCUT2D eigenvalue weighted by Crippen LogP contribution is 2.15. The lowest BCUT2D eigenvalue weighted by Crippen LogP contribution is -2.10. The van der Waals surface area contributed by atoms with Gasteiger partial charge in [0.2, 0.25) is 0 Å². The van der Waals surface area contributed by atoms with Crippen LogP contribution in [0.2, 0.25) is 0 Å². The molecule has 0 radical (unpaired) electrons. The van der Waals surface area contributed by atoms with Crippen LogP contribution in [-0.4, -0.2) is 14.8 Å². The van der Waals surface area contributed by atoms with Crippen molar-refractivity contribution in [1.29, 1.82) is 0 Å². The Balaban J connectivity index is 2.23. The third kappa shape index (κ3) is 2.59. The SMILES string of the molecule is CC[C@@H](N)c1ccc(-n2ccc(C(C)C)n2)cn1. The molecule has 0 unspecified atom stereocenters. The summed E-state index contributed by atoms with van der Waals surface area (Å²) in [4.78, 5) is 4.39. The van der Waals surface area contributed by atoms with E-state index in [1.807, 2.05) is 35.3 Å². The summed E-state index contributed by atoms with van der Waals surface area (Å²) in [5.74, 6) is 0.437. The van der Waals surface area contributed by atoms with Gasteiger partial charge in [0.1, 0.15) is 0 Å². The Morgan fingerprint density at radius 3 is 2.50 bits per heavy atom. The molecule has 2 N–H and O–H groups in total. The van der Waals surface area contributed by atoms with Crippen LogP contribution in [-0.2, 0) is 0 Å². The highest BCUT2D eigenvalue weighted by atomic mass is 15.3. The molecule has 18 heavy (non-hydrogen) atoms. The van der Waals surface area contributed by atoms with Crippen LogP contribution in [0.4, 0.5) is 0 Å². The van der Waals surface area contributed by atoms with E-state index in [4.69, 9.17) is 5.73 Å². The first kappa shape index (κ1) is 12.8. The molecule has 96 valence electrons. The minimum atomic E-state index is 0.0166. The molecule has 1 atom stereocenters. The lowest BCUT2D eigenvalue weighted by Gasteiger charge is -2.08. The zero-order valence-corrected chi connectivity index (χ0v) is 11.2. The van der Waals surface area contributed by atoms with Gasteiger partial charge in [0.15, 0.2) is 0 Å². The Labute approximate surface area is 108 Å². The standard InChI is InChI=1S/C14H20N4/c1-4-12(15)14-6-5-11(9-16-14)18-8-7-13(17-18)10(2)3/h5-10,12H,4,15H2,1-3H3/t12-/m1/s1. The number of pyridine rings is 1. The summed E-state index contributed by atoms with van der Waals surface area (Å²) < 4.78 is 1.85. The molecule has 0 aliphatic rings. The molecule has 0 bridgehead atoms. The maximum absolute atomic E-state index is 5.94. The first-order valence-corrected chi connectivity index (χ1v) is 6.39. The summed E-state index contributed by atoms with van der Waals surface area (Å²) in [6.45, 7) is 6.32. The van der Waals surface area contributed by atoms with Crippen LogP contribution in [0.5, 0.6) is 0 Å². The maximum atomic E-state index is 5.94. The molecule has 2 aromatic heterocycles. The third-order valence-electron chi connectivity index (χ3n) is 3.06. The van der Waals surface area contributed by atoms with Crippen molar-refractivity contribution in [3.63, 3.8) is 0 Å². The molecular weight excluding hydrogens is 224 g/mol. The number of rotatable bonds is 4. The topological polar surface area (TPSA) is 56.7 Å². The second-order valence-electron chi connectivity index (χ2n) is 4.80. The van der Waals surface area contributed by atoms with E-state index < -0.39 is 0 Å². The van der Waals surface area contributed by atoms with Crippen molar-refractivity contribution in [2.75, 3.05) is 0 Å². The Hall–Kier alpha value is -1.68. The summed E-state index contributed by atoms with van der Waals surface area (Å²) >= 11 is 0. The van der Waals surface area contributed by atoms with E-state index in [9.17, 15) is 0 Å². The number of hydrogen-bond acceptors (Lipinski definition) is 3. The van der Waals surface area contributed by atoms with Crippen LogP contribution >= 0.6 is 0 Å². The summed E-state index contributed by atoms with van der Waals surface area (Å²) in [5, 5.41) is 4.52. The molecule has 2 aromatic rings. The van der Waals surface area contributed by atoms with Gasteiger partial charge in [-0.25, -0.2) is 4.68 Å². The van der Waals surface area contributed by atoms with Gasteiger partial charge in [0, 0.05) is 12.2 Å². The Kier molecular flexibility index (Phi) is 3.77. The lowest BCUT2D eigenvalue weighted by molar-refractivity contribution is 0.673. The van der Waals surface area contributed by atoms with Gasteiger partial charge in [0.05, 0.1) is 23.3 Å². The number of nitrogens with two attached hydrogens (primary N) is 1. The van der Waals surface area contributed by atoms with Gasteiger partial charge in [-0.15, -0.1) is 0 Å². The molecule has 0 aliphatic carbocycles. The van der Waals surface area contributed by atoms with E-state index in [0.29, 0.717) is 5.92 Å². The maximum Gasteiger partial charge on any atom is 0.0829 e. The van der Waals surface area contributed by atoms with Crippen molar-refractivity contribution in [3.8, 4) is 5.69 Å². The van der Waals surface area contributed by atoms with E-state index in [-0.39, 0.29) is 6.04 Å².